The van der Waals surface area contributed by atoms with Gasteiger partial charge in [-0.05, 0) is 30.3 Å². The van der Waals surface area contributed by atoms with Gasteiger partial charge in [0.1, 0.15) is 11.8 Å². The van der Waals surface area contributed by atoms with Crippen LogP contribution in [0.5, 0.6) is 0 Å². The fourth-order valence-corrected chi connectivity index (χ4v) is 4.40. The second-order valence-electron chi connectivity index (χ2n) is 6.45. The van der Waals surface area contributed by atoms with Crippen molar-refractivity contribution in [3.8, 4) is 11.3 Å². The number of hydrogen-bond acceptors (Lipinski definition) is 6. The Labute approximate surface area is 171 Å². The summed E-state index contributed by atoms with van der Waals surface area (Å²) in [6.07, 6.45) is 1.65. The van der Waals surface area contributed by atoms with E-state index in [-0.39, 0.29) is 10.8 Å². The van der Waals surface area contributed by atoms with Gasteiger partial charge in [0, 0.05) is 36.0 Å². The summed E-state index contributed by atoms with van der Waals surface area (Å²) in [5.41, 5.74) is 2.68. The predicted molar refractivity (Wildman–Crippen MR) is 113 cm³/mol. The summed E-state index contributed by atoms with van der Waals surface area (Å²) < 4.78 is 30.9. The van der Waals surface area contributed by atoms with Gasteiger partial charge >= 0.3 is 0 Å². The number of nitrogens with one attached hydrogen (secondary N) is 1. The van der Waals surface area contributed by atoms with Crippen molar-refractivity contribution in [2.45, 2.75) is 4.90 Å². The van der Waals surface area contributed by atoms with Crippen molar-refractivity contribution in [3.05, 3.63) is 65.7 Å². The van der Waals surface area contributed by atoms with Gasteiger partial charge in [-0.25, -0.2) is 17.7 Å². The number of nitrogens with zero attached hydrogens (tertiary/aromatic N) is 2. The number of hydrogen-bond donors (Lipinski definition) is 1. The number of benzene rings is 2. The van der Waals surface area contributed by atoms with E-state index in [2.05, 4.69) is 10.3 Å². The predicted octanol–water partition coefficient (Wildman–Crippen LogP) is 4.06. The Hall–Kier alpha value is -3.01. The topological polar surface area (TPSA) is 92.5 Å². The minimum Gasteiger partial charge on any atom is -0.464 e. The van der Waals surface area contributed by atoms with Crippen LogP contribution in [0.1, 0.15) is 10.4 Å². The van der Waals surface area contributed by atoms with E-state index < -0.39 is 10.0 Å². The zero-order valence-electron chi connectivity index (χ0n) is 15.6. The zero-order chi connectivity index (χ0) is 20.6. The van der Waals surface area contributed by atoms with Crippen molar-refractivity contribution in [3.63, 3.8) is 0 Å². The van der Waals surface area contributed by atoms with Crippen molar-refractivity contribution < 1.29 is 17.6 Å². The first kappa shape index (κ1) is 19.3. The smallest absolute Gasteiger partial charge is 0.257 e. The maximum absolute atomic E-state index is 12.5. The van der Waals surface area contributed by atoms with Gasteiger partial charge in [0.15, 0.2) is 5.13 Å². The molecule has 0 radical (unpaired) electrons. The SMILES string of the molecule is CN(C)S(=O)(=O)c1ccc(C(=O)Nc2nc(-c3coc4ccccc34)cs2)cc1. The number of rotatable bonds is 5. The second-order valence-corrected chi connectivity index (χ2v) is 9.46. The first-order valence-electron chi connectivity index (χ1n) is 8.62. The summed E-state index contributed by atoms with van der Waals surface area (Å²) in [6.45, 7) is 0. The molecule has 0 bridgehead atoms. The Bertz CT molecular complexity index is 1290. The fourth-order valence-electron chi connectivity index (χ4n) is 2.79. The standard InChI is InChI=1S/C20H17N3O4S2/c1-23(2)29(25,26)14-9-7-13(8-10-14)19(24)22-20-21-17(12-28-20)16-11-27-18-6-4-3-5-15(16)18/h3-12H,1-2H3,(H,21,22,24). The van der Waals surface area contributed by atoms with E-state index >= 15 is 0 Å². The summed E-state index contributed by atoms with van der Waals surface area (Å²) in [7, 11) is -0.620. The highest BCUT2D eigenvalue weighted by Gasteiger charge is 2.18. The lowest BCUT2D eigenvalue weighted by Gasteiger charge is -2.11. The number of carbonyl (C=O) groups is 1. The van der Waals surface area contributed by atoms with E-state index in [0.717, 1.165) is 20.8 Å². The van der Waals surface area contributed by atoms with Crippen LogP contribution in [0.3, 0.4) is 0 Å². The molecule has 148 valence electrons. The Morgan fingerprint density at radius 3 is 2.55 bits per heavy atom. The van der Waals surface area contributed by atoms with Gasteiger partial charge in [-0.3, -0.25) is 10.1 Å². The molecule has 4 rings (SSSR count). The quantitative estimate of drug-likeness (QED) is 0.519. The van der Waals surface area contributed by atoms with E-state index in [4.69, 9.17) is 4.42 Å². The van der Waals surface area contributed by atoms with Crippen LogP contribution in [-0.4, -0.2) is 37.7 Å². The molecule has 0 saturated carbocycles. The normalized spacial score (nSPS) is 11.8. The molecule has 2 heterocycles. The van der Waals surface area contributed by atoms with Crippen LogP contribution in [0.4, 0.5) is 5.13 Å². The Kier molecular flexibility index (Phi) is 4.95. The van der Waals surface area contributed by atoms with Crippen LogP contribution in [0.2, 0.25) is 0 Å². The van der Waals surface area contributed by atoms with Crippen molar-refractivity contribution in [2.24, 2.45) is 0 Å². The number of sulfonamides is 1. The van der Waals surface area contributed by atoms with E-state index in [1.165, 1.54) is 49.7 Å². The number of furan rings is 1. The lowest BCUT2D eigenvalue weighted by Crippen LogP contribution is -2.22. The first-order chi connectivity index (χ1) is 13.9. The van der Waals surface area contributed by atoms with Gasteiger partial charge in [0.2, 0.25) is 10.0 Å². The average Bonchev–Trinajstić information content (AvgIpc) is 3.34. The molecule has 0 spiro atoms. The third-order valence-corrected chi connectivity index (χ3v) is 6.96. The number of aromatic nitrogens is 1. The van der Waals surface area contributed by atoms with Crippen molar-refractivity contribution in [1.29, 1.82) is 0 Å². The molecule has 0 aliphatic heterocycles. The average molecular weight is 428 g/mol. The molecule has 2 aromatic carbocycles. The highest BCUT2D eigenvalue weighted by molar-refractivity contribution is 7.89. The van der Waals surface area contributed by atoms with Gasteiger partial charge in [-0.2, -0.15) is 0 Å². The Morgan fingerprint density at radius 1 is 1.10 bits per heavy atom. The van der Waals surface area contributed by atoms with Gasteiger partial charge < -0.3 is 4.42 Å². The molecule has 1 N–H and O–H groups in total. The van der Waals surface area contributed by atoms with Crippen LogP contribution in [-0.2, 0) is 10.0 Å². The number of para-hydroxylation sites is 1. The molecule has 0 aliphatic rings. The molecule has 1 amide bonds. The molecule has 9 heteroatoms. The third-order valence-electron chi connectivity index (χ3n) is 4.38. The highest BCUT2D eigenvalue weighted by Crippen LogP contribution is 2.32. The van der Waals surface area contributed by atoms with Gasteiger partial charge in [-0.15, -0.1) is 11.3 Å². The monoisotopic (exact) mass is 427 g/mol. The maximum Gasteiger partial charge on any atom is 0.257 e. The van der Waals surface area contributed by atoms with Crippen LogP contribution in [0.15, 0.2) is 69.5 Å². The Balaban J connectivity index is 1.52. The number of carbonyl (C=O) groups excluding carboxylic acids is 1. The van der Waals surface area contributed by atoms with Crippen molar-refractivity contribution in [1.82, 2.24) is 9.29 Å². The van der Waals surface area contributed by atoms with Crippen molar-refractivity contribution >= 4 is 43.4 Å². The van der Waals surface area contributed by atoms with E-state index in [1.807, 2.05) is 29.6 Å². The maximum atomic E-state index is 12.5. The van der Waals surface area contributed by atoms with E-state index in [9.17, 15) is 13.2 Å². The van der Waals surface area contributed by atoms with Gasteiger partial charge in [0.25, 0.3) is 5.91 Å². The number of thiazole rings is 1. The summed E-state index contributed by atoms with van der Waals surface area (Å²) in [4.78, 5) is 17.1. The van der Waals surface area contributed by atoms with E-state index in [0.29, 0.717) is 16.4 Å². The molecule has 0 atom stereocenters. The number of fused-ring (bicyclic) bond motifs is 1. The van der Waals surface area contributed by atoms with Crippen LogP contribution in [0, 0.1) is 0 Å². The fraction of sp³-hybridized carbons (Fsp3) is 0.100. The highest BCUT2D eigenvalue weighted by atomic mass is 32.2. The molecule has 0 fully saturated rings. The number of amides is 1. The van der Waals surface area contributed by atoms with E-state index in [1.54, 1.807) is 6.26 Å². The van der Waals surface area contributed by atoms with Crippen LogP contribution in [0.25, 0.3) is 22.2 Å². The number of anilines is 1. The Morgan fingerprint density at radius 2 is 1.83 bits per heavy atom. The summed E-state index contributed by atoms with van der Waals surface area (Å²) in [5, 5.41) is 5.99. The first-order valence-corrected chi connectivity index (χ1v) is 10.9. The van der Waals surface area contributed by atoms with Crippen LogP contribution >= 0.6 is 11.3 Å². The lowest BCUT2D eigenvalue weighted by atomic mass is 10.1. The van der Waals surface area contributed by atoms with Crippen LogP contribution < -0.4 is 5.32 Å². The molecular formula is C20H17N3O4S2. The van der Waals surface area contributed by atoms with Gasteiger partial charge in [-0.1, -0.05) is 18.2 Å². The van der Waals surface area contributed by atoms with Crippen molar-refractivity contribution in [2.75, 3.05) is 19.4 Å². The molecule has 0 saturated heterocycles. The molecular weight excluding hydrogens is 410 g/mol. The minimum absolute atomic E-state index is 0.127. The molecule has 2 aromatic heterocycles. The molecule has 0 aliphatic carbocycles. The molecule has 0 unspecified atom stereocenters. The minimum atomic E-state index is -3.54. The largest absolute Gasteiger partial charge is 0.464 e. The summed E-state index contributed by atoms with van der Waals surface area (Å²) in [5.74, 6) is -0.364. The lowest BCUT2D eigenvalue weighted by molar-refractivity contribution is 0.102. The molecule has 29 heavy (non-hydrogen) atoms. The second kappa shape index (κ2) is 7.43. The van der Waals surface area contributed by atoms with Gasteiger partial charge in [0.05, 0.1) is 10.6 Å². The third kappa shape index (κ3) is 3.67. The summed E-state index contributed by atoms with van der Waals surface area (Å²) >= 11 is 1.30. The zero-order valence-corrected chi connectivity index (χ0v) is 17.3. The summed E-state index contributed by atoms with van der Waals surface area (Å²) in [6, 6.07) is 13.4. The molecule has 7 nitrogen and oxygen atoms in total. The molecule has 4 aromatic rings.